The Labute approximate surface area is 121 Å². The van der Waals surface area contributed by atoms with E-state index >= 15 is 0 Å². The Morgan fingerprint density at radius 2 is 2.05 bits per heavy atom. The molecule has 1 N–H and O–H groups in total. The van der Waals surface area contributed by atoms with Gasteiger partial charge in [-0.3, -0.25) is 0 Å². The van der Waals surface area contributed by atoms with E-state index < -0.39 is 0 Å². The molecule has 0 spiro atoms. The third-order valence-electron chi connectivity index (χ3n) is 5.58. The Kier molecular flexibility index (Phi) is 3.22. The third-order valence-corrected chi connectivity index (χ3v) is 5.58. The molecule has 0 saturated heterocycles. The maximum absolute atomic E-state index is 5.96. The SMILES string of the molecule is CNC(c1cccc(OC2CC2)c1)C1CC2CCC1C2. The van der Waals surface area contributed by atoms with E-state index in [1.54, 1.807) is 0 Å². The highest BCUT2D eigenvalue weighted by atomic mass is 16.5. The van der Waals surface area contributed by atoms with Crippen LogP contribution in [0, 0.1) is 17.8 Å². The van der Waals surface area contributed by atoms with E-state index in [0.29, 0.717) is 12.1 Å². The van der Waals surface area contributed by atoms with Crippen molar-refractivity contribution >= 4 is 0 Å². The number of nitrogens with one attached hydrogen (secondary N) is 1. The molecular formula is C18H25NO. The molecule has 4 unspecified atom stereocenters. The van der Waals surface area contributed by atoms with E-state index in [0.717, 1.165) is 23.5 Å². The molecule has 2 bridgehead atoms. The lowest BCUT2D eigenvalue weighted by Crippen LogP contribution is -2.29. The molecule has 3 fully saturated rings. The summed E-state index contributed by atoms with van der Waals surface area (Å²) < 4.78 is 5.96. The molecule has 20 heavy (non-hydrogen) atoms. The highest BCUT2D eigenvalue weighted by Crippen LogP contribution is 2.52. The third kappa shape index (κ3) is 2.35. The summed E-state index contributed by atoms with van der Waals surface area (Å²) >= 11 is 0. The molecule has 4 rings (SSSR count). The fraction of sp³-hybridized carbons (Fsp3) is 0.667. The molecule has 108 valence electrons. The zero-order valence-corrected chi connectivity index (χ0v) is 12.3. The van der Waals surface area contributed by atoms with Gasteiger partial charge in [-0.15, -0.1) is 0 Å². The van der Waals surface area contributed by atoms with Crippen molar-refractivity contribution in [3.63, 3.8) is 0 Å². The summed E-state index contributed by atoms with van der Waals surface area (Å²) in [5.74, 6) is 3.85. The van der Waals surface area contributed by atoms with E-state index in [9.17, 15) is 0 Å². The lowest BCUT2D eigenvalue weighted by atomic mass is 9.80. The molecule has 2 heteroatoms. The summed E-state index contributed by atoms with van der Waals surface area (Å²) in [6, 6.07) is 9.31. The first-order valence-corrected chi connectivity index (χ1v) is 8.27. The van der Waals surface area contributed by atoms with Crippen LogP contribution in [0.15, 0.2) is 24.3 Å². The molecule has 1 aromatic carbocycles. The molecule has 1 aromatic rings. The van der Waals surface area contributed by atoms with Crippen LogP contribution in [-0.4, -0.2) is 13.2 Å². The number of rotatable bonds is 5. The van der Waals surface area contributed by atoms with Gasteiger partial charge >= 0.3 is 0 Å². The van der Waals surface area contributed by atoms with E-state index in [1.807, 2.05) is 0 Å². The van der Waals surface area contributed by atoms with Crippen molar-refractivity contribution in [1.82, 2.24) is 5.32 Å². The minimum Gasteiger partial charge on any atom is -0.490 e. The van der Waals surface area contributed by atoms with Gasteiger partial charge in [0.1, 0.15) is 5.75 Å². The van der Waals surface area contributed by atoms with Gasteiger partial charge in [-0.1, -0.05) is 18.6 Å². The topological polar surface area (TPSA) is 21.3 Å². The van der Waals surface area contributed by atoms with Crippen molar-refractivity contribution in [2.24, 2.45) is 17.8 Å². The van der Waals surface area contributed by atoms with Crippen LogP contribution in [0.1, 0.15) is 50.1 Å². The number of hydrogen-bond acceptors (Lipinski definition) is 2. The van der Waals surface area contributed by atoms with Crippen molar-refractivity contribution in [3.05, 3.63) is 29.8 Å². The van der Waals surface area contributed by atoms with Crippen LogP contribution < -0.4 is 10.1 Å². The molecule has 3 aliphatic carbocycles. The van der Waals surface area contributed by atoms with Crippen LogP contribution in [0.2, 0.25) is 0 Å². The molecule has 3 aliphatic rings. The molecule has 0 aromatic heterocycles. The van der Waals surface area contributed by atoms with Gasteiger partial charge in [0.15, 0.2) is 0 Å². The molecule has 3 saturated carbocycles. The van der Waals surface area contributed by atoms with E-state index in [4.69, 9.17) is 4.74 Å². The second kappa shape index (κ2) is 5.07. The Bertz CT molecular complexity index is 482. The van der Waals surface area contributed by atoms with Crippen LogP contribution in [0.25, 0.3) is 0 Å². The monoisotopic (exact) mass is 271 g/mol. The fourth-order valence-corrected chi connectivity index (χ4v) is 4.49. The first-order valence-electron chi connectivity index (χ1n) is 8.27. The first kappa shape index (κ1) is 12.7. The minimum absolute atomic E-state index is 0.487. The second-order valence-electron chi connectivity index (χ2n) is 6.99. The Morgan fingerprint density at radius 1 is 1.15 bits per heavy atom. The number of benzene rings is 1. The molecule has 4 atom stereocenters. The molecule has 0 amide bonds. The predicted octanol–water partition coefficient (Wildman–Crippen LogP) is 3.92. The van der Waals surface area contributed by atoms with Gasteiger partial charge in [0.2, 0.25) is 0 Å². The van der Waals surface area contributed by atoms with Gasteiger partial charge in [0, 0.05) is 6.04 Å². The van der Waals surface area contributed by atoms with Crippen molar-refractivity contribution < 1.29 is 4.74 Å². The average Bonchev–Trinajstić information content (AvgIpc) is 3.02. The highest BCUT2D eigenvalue weighted by molar-refractivity contribution is 5.32. The standard InChI is InChI=1S/C18H25NO/c1-19-18(17-10-12-5-6-13(17)9-12)14-3-2-4-16(11-14)20-15-7-8-15/h2-4,11-13,15,17-19H,5-10H2,1H3. The zero-order valence-electron chi connectivity index (χ0n) is 12.3. The first-order chi connectivity index (χ1) is 9.83. The number of hydrogen-bond donors (Lipinski definition) is 1. The average molecular weight is 271 g/mol. The molecule has 0 radical (unpaired) electrons. The van der Waals surface area contributed by atoms with Crippen LogP contribution in [-0.2, 0) is 0 Å². The Hall–Kier alpha value is -1.02. The van der Waals surface area contributed by atoms with Crippen LogP contribution in [0.3, 0.4) is 0 Å². The van der Waals surface area contributed by atoms with Crippen molar-refractivity contribution in [1.29, 1.82) is 0 Å². The van der Waals surface area contributed by atoms with Crippen molar-refractivity contribution in [3.8, 4) is 5.75 Å². The lowest BCUT2D eigenvalue weighted by molar-refractivity contribution is 0.258. The second-order valence-corrected chi connectivity index (χ2v) is 6.99. The summed E-state index contributed by atoms with van der Waals surface area (Å²) in [6.45, 7) is 0. The smallest absolute Gasteiger partial charge is 0.120 e. The maximum atomic E-state index is 5.96. The van der Waals surface area contributed by atoms with E-state index in [2.05, 4.69) is 36.6 Å². The van der Waals surface area contributed by atoms with Crippen molar-refractivity contribution in [2.45, 2.75) is 50.7 Å². The molecule has 0 heterocycles. The fourth-order valence-electron chi connectivity index (χ4n) is 4.49. The zero-order chi connectivity index (χ0) is 13.5. The minimum atomic E-state index is 0.487. The lowest BCUT2D eigenvalue weighted by Gasteiger charge is -2.31. The number of fused-ring (bicyclic) bond motifs is 2. The quantitative estimate of drug-likeness (QED) is 0.876. The van der Waals surface area contributed by atoms with Gasteiger partial charge < -0.3 is 10.1 Å². The largest absolute Gasteiger partial charge is 0.490 e. The van der Waals surface area contributed by atoms with Gasteiger partial charge in [0.25, 0.3) is 0 Å². The highest BCUT2D eigenvalue weighted by Gasteiger charge is 2.43. The Balaban J connectivity index is 1.54. The van der Waals surface area contributed by atoms with Crippen LogP contribution >= 0.6 is 0 Å². The summed E-state index contributed by atoms with van der Waals surface area (Å²) in [5, 5.41) is 3.59. The summed E-state index contributed by atoms with van der Waals surface area (Å²) in [7, 11) is 2.12. The van der Waals surface area contributed by atoms with Crippen molar-refractivity contribution in [2.75, 3.05) is 7.05 Å². The predicted molar refractivity (Wildman–Crippen MR) is 80.8 cm³/mol. The van der Waals surface area contributed by atoms with Gasteiger partial charge in [-0.05, 0) is 74.6 Å². The normalized spacial score (nSPS) is 33.4. The Morgan fingerprint density at radius 3 is 2.70 bits per heavy atom. The maximum Gasteiger partial charge on any atom is 0.120 e. The summed E-state index contributed by atoms with van der Waals surface area (Å²) in [6.07, 6.45) is 8.76. The van der Waals surface area contributed by atoms with Gasteiger partial charge in [-0.2, -0.15) is 0 Å². The summed E-state index contributed by atoms with van der Waals surface area (Å²) in [4.78, 5) is 0. The molecular weight excluding hydrogens is 246 g/mol. The van der Waals surface area contributed by atoms with Crippen LogP contribution in [0.5, 0.6) is 5.75 Å². The van der Waals surface area contributed by atoms with E-state index in [1.165, 1.54) is 44.1 Å². The molecule has 2 nitrogen and oxygen atoms in total. The van der Waals surface area contributed by atoms with E-state index in [-0.39, 0.29) is 0 Å². The number of ether oxygens (including phenoxy) is 1. The van der Waals surface area contributed by atoms with Gasteiger partial charge in [0.05, 0.1) is 6.10 Å². The van der Waals surface area contributed by atoms with Crippen LogP contribution in [0.4, 0.5) is 0 Å². The summed E-state index contributed by atoms with van der Waals surface area (Å²) in [5.41, 5.74) is 1.42. The molecule has 0 aliphatic heterocycles. The van der Waals surface area contributed by atoms with Gasteiger partial charge in [-0.25, -0.2) is 0 Å².